The van der Waals surface area contributed by atoms with Gasteiger partial charge in [0, 0.05) is 31.1 Å². The summed E-state index contributed by atoms with van der Waals surface area (Å²) >= 11 is 0. The quantitative estimate of drug-likeness (QED) is 0.525. The van der Waals surface area contributed by atoms with E-state index in [0.29, 0.717) is 0 Å². The van der Waals surface area contributed by atoms with Crippen molar-refractivity contribution in [3.8, 4) is 0 Å². The third kappa shape index (κ3) is 52.0. The zero-order chi connectivity index (χ0) is 0. The van der Waals surface area contributed by atoms with Gasteiger partial charge in [0.2, 0.25) is 0 Å². The average molecular weight is 457 g/mol. The molecule has 0 saturated carbocycles. The molecule has 52 valence electrons. The molecule has 0 nitrogen and oxygen atoms in total. The summed E-state index contributed by atoms with van der Waals surface area (Å²) in [6.45, 7) is 0. The summed E-state index contributed by atoms with van der Waals surface area (Å²) in [5, 5.41) is 0. The Hall–Kier alpha value is 2.79. The van der Waals surface area contributed by atoms with Gasteiger partial charge in [-0.25, -0.2) is 0 Å². The summed E-state index contributed by atoms with van der Waals surface area (Å²) < 4.78 is 0. The van der Waals surface area contributed by atoms with E-state index in [2.05, 4.69) is 0 Å². The molecule has 0 N–H and O–H groups in total. The summed E-state index contributed by atoms with van der Waals surface area (Å²) in [7, 11) is 0. The maximum Gasteiger partial charge on any atom is 0 e. The van der Waals surface area contributed by atoms with E-state index in [1.807, 2.05) is 0 Å². The molecule has 0 bridgehead atoms. The molecule has 0 saturated heterocycles. The Morgan fingerprint density at radius 1 is 0.286 bits per heavy atom. The van der Waals surface area contributed by atoms with Crippen molar-refractivity contribution in [1.29, 1.82) is 0 Å². The van der Waals surface area contributed by atoms with Gasteiger partial charge < -0.3 is 0 Å². The molecular weight excluding hydrogens is 451 g/mol. The zero-order valence-corrected chi connectivity index (χ0v) is 12.0. The molecule has 0 fully saturated rings. The van der Waals surface area contributed by atoms with E-state index >= 15 is 0 Å². The fraction of sp³-hybridized carbons (Fsp3) is 0. The van der Waals surface area contributed by atoms with Crippen LogP contribution in [0, 0.1) is 31.1 Å². The van der Waals surface area contributed by atoms with E-state index in [0.717, 1.165) is 0 Å². The standard InChI is InChI=1S/6ClH.U/h6*1H;. The van der Waals surface area contributed by atoms with E-state index in [9.17, 15) is 0 Å². The van der Waals surface area contributed by atoms with Gasteiger partial charge in [-0.05, 0) is 0 Å². The van der Waals surface area contributed by atoms with Gasteiger partial charge >= 0.3 is 0 Å². The number of hydrogen-bond acceptors (Lipinski definition) is 0. The van der Waals surface area contributed by atoms with Gasteiger partial charge in [-0.2, -0.15) is 0 Å². The van der Waals surface area contributed by atoms with Crippen molar-refractivity contribution < 1.29 is 31.1 Å². The number of hydrogen-bond donors (Lipinski definition) is 0. The predicted molar refractivity (Wildman–Crippen MR) is 43.5 cm³/mol. The Morgan fingerprint density at radius 3 is 0.286 bits per heavy atom. The summed E-state index contributed by atoms with van der Waals surface area (Å²) in [6.07, 6.45) is 0. The van der Waals surface area contributed by atoms with Crippen molar-refractivity contribution in [2.45, 2.75) is 0 Å². The fourth-order valence-corrected chi connectivity index (χ4v) is 0. The molecule has 0 aromatic heterocycles. The van der Waals surface area contributed by atoms with Crippen molar-refractivity contribution in [1.82, 2.24) is 0 Å². The molecule has 7 heteroatoms. The molecule has 0 aromatic carbocycles. The Labute approximate surface area is 104 Å². The van der Waals surface area contributed by atoms with Crippen LogP contribution in [0.1, 0.15) is 0 Å². The van der Waals surface area contributed by atoms with E-state index in [4.69, 9.17) is 0 Å². The average Bonchev–Trinajstić information content (AvgIpc) is 0. The van der Waals surface area contributed by atoms with Crippen molar-refractivity contribution in [3.05, 3.63) is 0 Å². The molecule has 0 aromatic rings. The molecule has 0 heterocycles. The molecule has 0 rings (SSSR count). The van der Waals surface area contributed by atoms with Crippen LogP contribution in [0.3, 0.4) is 0 Å². The molecular formula is H6Cl6U. The van der Waals surface area contributed by atoms with Gasteiger partial charge in [0.25, 0.3) is 0 Å². The van der Waals surface area contributed by atoms with Crippen molar-refractivity contribution in [2.24, 2.45) is 0 Å². The maximum absolute atomic E-state index is 0. The minimum atomic E-state index is 0. The Bertz CT molecular complexity index is 4.14. The second kappa shape index (κ2) is 68.5. The smallest absolute Gasteiger partial charge is 0 e. The van der Waals surface area contributed by atoms with Crippen LogP contribution in [-0.2, 0) is 0 Å². The van der Waals surface area contributed by atoms with Crippen LogP contribution in [0.5, 0.6) is 0 Å². The van der Waals surface area contributed by atoms with Gasteiger partial charge in [0.05, 0.1) is 0 Å². The largest absolute Gasteiger partial charge is 0.147 e. The summed E-state index contributed by atoms with van der Waals surface area (Å²) in [5.74, 6) is 0. The number of halogens is 6. The molecule has 0 radical (unpaired) electrons. The molecule has 0 spiro atoms. The fourth-order valence-electron chi connectivity index (χ4n) is 0. The second-order valence-electron chi connectivity index (χ2n) is 0. The normalized spacial score (nSPS) is 0. The van der Waals surface area contributed by atoms with Crippen LogP contribution in [0.25, 0.3) is 0 Å². The molecule has 7 heavy (non-hydrogen) atoms. The maximum atomic E-state index is 0. The number of rotatable bonds is 0. The molecule has 0 aliphatic rings. The van der Waals surface area contributed by atoms with Gasteiger partial charge in [-0.15, -0.1) is 74.4 Å². The van der Waals surface area contributed by atoms with Crippen molar-refractivity contribution in [3.63, 3.8) is 0 Å². The van der Waals surface area contributed by atoms with Crippen LogP contribution < -0.4 is 0 Å². The summed E-state index contributed by atoms with van der Waals surface area (Å²) in [6, 6.07) is 0. The summed E-state index contributed by atoms with van der Waals surface area (Å²) in [4.78, 5) is 0. The predicted octanol–water partition coefficient (Wildman–Crippen LogP) is 2.53. The third-order valence-corrected chi connectivity index (χ3v) is 0. The monoisotopic (exact) mass is 454 g/mol. The van der Waals surface area contributed by atoms with Gasteiger partial charge in [0.15, 0.2) is 0 Å². The summed E-state index contributed by atoms with van der Waals surface area (Å²) in [5.41, 5.74) is 0. The topological polar surface area (TPSA) is 0 Å². The molecule has 0 aliphatic heterocycles. The van der Waals surface area contributed by atoms with Crippen LogP contribution in [0.15, 0.2) is 0 Å². The first-order valence-corrected chi connectivity index (χ1v) is 0. The SMILES string of the molecule is Cl.Cl.Cl.Cl.Cl.Cl.[U]. The first-order chi connectivity index (χ1) is 0. The van der Waals surface area contributed by atoms with Crippen LogP contribution in [-0.4, -0.2) is 0 Å². The van der Waals surface area contributed by atoms with Crippen molar-refractivity contribution >= 4 is 74.4 Å². The second-order valence-corrected chi connectivity index (χ2v) is 0. The van der Waals surface area contributed by atoms with E-state index < -0.39 is 0 Å². The minimum absolute atomic E-state index is 0. The molecule has 0 atom stereocenters. The molecule has 0 unspecified atom stereocenters. The van der Waals surface area contributed by atoms with Gasteiger partial charge in [-0.1, -0.05) is 0 Å². The Morgan fingerprint density at radius 2 is 0.286 bits per heavy atom. The minimum Gasteiger partial charge on any atom is -0.147 e. The van der Waals surface area contributed by atoms with Crippen LogP contribution >= 0.6 is 74.4 Å². The van der Waals surface area contributed by atoms with Gasteiger partial charge in [-0.3, -0.25) is 0 Å². The van der Waals surface area contributed by atoms with Crippen LogP contribution in [0.4, 0.5) is 0 Å². The van der Waals surface area contributed by atoms with Crippen LogP contribution in [0.2, 0.25) is 0 Å². The van der Waals surface area contributed by atoms with E-state index in [1.54, 1.807) is 0 Å². The first kappa shape index (κ1) is 97.1. The first-order valence-electron chi connectivity index (χ1n) is 0. The van der Waals surface area contributed by atoms with Crippen molar-refractivity contribution in [2.75, 3.05) is 0 Å². The Kier molecular flexibility index (Phi) is 950. The third-order valence-electron chi connectivity index (χ3n) is 0. The van der Waals surface area contributed by atoms with Gasteiger partial charge in [0.1, 0.15) is 0 Å². The molecule has 0 amide bonds. The Balaban J connectivity index is 0. The van der Waals surface area contributed by atoms with E-state index in [1.165, 1.54) is 0 Å². The zero-order valence-electron chi connectivity index (χ0n) is 2.95. The molecule has 0 aliphatic carbocycles. The van der Waals surface area contributed by atoms with E-state index in [-0.39, 0.29) is 106 Å².